The highest BCUT2D eigenvalue weighted by atomic mass is 19.4. The highest BCUT2D eigenvalue weighted by Gasteiger charge is 2.31. The molecule has 0 heterocycles. The van der Waals surface area contributed by atoms with Crippen LogP contribution in [0.3, 0.4) is 0 Å². The van der Waals surface area contributed by atoms with Gasteiger partial charge in [-0.1, -0.05) is 19.1 Å². The normalized spacial score (nSPS) is 12.8. The Labute approximate surface area is 103 Å². The minimum Gasteiger partial charge on any atom is -0.294 e. The zero-order chi connectivity index (χ0) is 13.8. The van der Waals surface area contributed by atoms with Gasteiger partial charge in [-0.15, -0.1) is 0 Å². The second-order valence-corrected chi connectivity index (χ2v) is 3.91. The van der Waals surface area contributed by atoms with Crippen molar-refractivity contribution in [3.8, 4) is 6.07 Å². The molecule has 1 aromatic rings. The largest absolute Gasteiger partial charge is 0.416 e. The lowest BCUT2D eigenvalue weighted by atomic mass is 9.92. The number of rotatable bonds is 4. The first-order valence-electron chi connectivity index (χ1n) is 5.48. The van der Waals surface area contributed by atoms with E-state index in [9.17, 15) is 18.0 Å². The summed E-state index contributed by atoms with van der Waals surface area (Å²) in [7, 11) is 0. The molecule has 1 aromatic carbocycles. The molecule has 0 spiro atoms. The lowest BCUT2D eigenvalue weighted by Gasteiger charge is -2.12. The average Bonchev–Trinajstić information content (AvgIpc) is 2.34. The second kappa shape index (κ2) is 5.67. The molecule has 0 aromatic heterocycles. The van der Waals surface area contributed by atoms with Crippen molar-refractivity contribution in [3.05, 3.63) is 35.4 Å². The molecule has 0 fully saturated rings. The number of ketones is 1. The fraction of sp³-hybridized carbons (Fsp3) is 0.385. The molecule has 0 aliphatic rings. The standard InChI is InChI=1S/C13H12F3NO/c1-2-9(6-7-17)12(18)10-4-3-5-11(8-10)13(14,15)16/h3-5,8-9H,2,6H2,1H3. The molecule has 1 atom stereocenters. The number of benzene rings is 1. The average molecular weight is 255 g/mol. The van der Waals surface area contributed by atoms with E-state index in [0.29, 0.717) is 6.42 Å². The Morgan fingerprint density at radius 2 is 2.11 bits per heavy atom. The number of carbonyl (C=O) groups excluding carboxylic acids is 1. The van der Waals surface area contributed by atoms with Crippen LogP contribution in [0.2, 0.25) is 0 Å². The van der Waals surface area contributed by atoms with E-state index in [1.165, 1.54) is 12.1 Å². The Morgan fingerprint density at radius 1 is 1.44 bits per heavy atom. The van der Waals surface area contributed by atoms with E-state index < -0.39 is 23.4 Å². The maximum absolute atomic E-state index is 12.5. The van der Waals surface area contributed by atoms with Crippen molar-refractivity contribution in [2.45, 2.75) is 25.9 Å². The number of hydrogen-bond donors (Lipinski definition) is 0. The van der Waals surface area contributed by atoms with Gasteiger partial charge in [0.2, 0.25) is 0 Å². The molecule has 0 amide bonds. The van der Waals surface area contributed by atoms with Gasteiger partial charge in [0.1, 0.15) is 0 Å². The smallest absolute Gasteiger partial charge is 0.294 e. The van der Waals surface area contributed by atoms with E-state index in [4.69, 9.17) is 5.26 Å². The molecular weight excluding hydrogens is 243 g/mol. The second-order valence-electron chi connectivity index (χ2n) is 3.91. The first-order valence-corrected chi connectivity index (χ1v) is 5.48. The molecule has 1 rings (SSSR count). The molecule has 0 saturated carbocycles. The molecule has 5 heteroatoms. The fourth-order valence-corrected chi connectivity index (χ4v) is 1.62. The summed E-state index contributed by atoms with van der Waals surface area (Å²) in [6.07, 6.45) is -4.01. The SMILES string of the molecule is CCC(CC#N)C(=O)c1cccc(C(F)(F)F)c1. The third-order valence-corrected chi connectivity index (χ3v) is 2.68. The third kappa shape index (κ3) is 3.33. The van der Waals surface area contributed by atoms with Crippen molar-refractivity contribution >= 4 is 5.78 Å². The number of Topliss-reactive ketones (excluding diaryl/α,β-unsaturated/α-hetero) is 1. The molecule has 2 nitrogen and oxygen atoms in total. The number of nitriles is 1. The molecule has 0 saturated heterocycles. The maximum atomic E-state index is 12.5. The van der Waals surface area contributed by atoms with Crippen molar-refractivity contribution in [2.24, 2.45) is 5.92 Å². The van der Waals surface area contributed by atoms with Gasteiger partial charge in [0.25, 0.3) is 0 Å². The molecule has 0 N–H and O–H groups in total. The van der Waals surface area contributed by atoms with Crippen molar-refractivity contribution < 1.29 is 18.0 Å². The van der Waals surface area contributed by atoms with Crippen molar-refractivity contribution in [1.29, 1.82) is 5.26 Å². The molecule has 18 heavy (non-hydrogen) atoms. The van der Waals surface area contributed by atoms with Gasteiger partial charge >= 0.3 is 6.18 Å². The minimum absolute atomic E-state index is 0.00641. The van der Waals surface area contributed by atoms with Crippen LogP contribution in [0.15, 0.2) is 24.3 Å². The van der Waals surface area contributed by atoms with Gasteiger partial charge in [-0.25, -0.2) is 0 Å². The van der Waals surface area contributed by atoms with Crippen LogP contribution in [0, 0.1) is 17.2 Å². The number of alkyl halides is 3. The van der Waals surface area contributed by atoms with Gasteiger partial charge in [0.05, 0.1) is 11.6 Å². The lowest BCUT2D eigenvalue weighted by Crippen LogP contribution is -2.15. The topological polar surface area (TPSA) is 40.9 Å². The fourth-order valence-electron chi connectivity index (χ4n) is 1.62. The first kappa shape index (κ1) is 14.2. The summed E-state index contributed by atoms with van der Waals surface area (Å²) in [5.74, 6) is -0.955. The molecular formula is C13H12F3NO. The summed E-state index contributed by atoms with van der Waals surface area (Å²) in [6, 6.07) is 6.17. The highest BCUT2D eigenvalue weighted by molar-refractivity contribution is 5.98. The zero-order valence-electron chi connectivity index (χ0n) is 9.79. The van der Waals surface area contributed by atoms with Crippen molar-refractivity contribution in [2.75, 3.05) is 0 Å². The molecule has 0 aliphatic heterocycles. The van der Waals surface area contributed by atoms with Crippen molar-refractivity contribution in [1.82, 2.24) is 0 Å². The minimum atomic E-state index is -4.47. The van der Waals surface area contributed by atoms with Crippen LogP contribution in [0.4, 0.5) is 13.2 Å². The van der Waals surface area contributed by atoms with E-state index in [-0.39, 0.29) is 12.0 Å². The van der Waals surface area contributed by atoms with Gasteiger partial charge in [-0.05, 0) is 18.6 Å². The van der Waals surface area contributed by atoms with E-state index in [1.807, 2.05) is 6.07 Å². The molecule has 1 unspecified atom stereocenters. The van der Waals surface area contributed by atoms with Crippen LogP contribution >= 0.6 is 0 Å². The van der Waals surface area contributed by atoms with E-state index in [1.54, 1.807) is 6.92 Å². The van der Waals surface area contributed by atoms with Crippen LogP contribution in [0.5, 0.6) is 0 Å². The van der Waals surface area contributed by atoms with Gasteiger partial charge in [0, 0.05) is 17.9 Å². The summed E-state index contributed by atoms with van der Waals surface area (Å²) in [6.45, 7) is 1.73. The van der Waals surface area contributed by atoms with Gasteiger partial charge in [0.15, 0.2) is 5.78 Å². The van der Waals surface area contributed by atoms with Gasteiger partial charge in [-0.3, -0.25) is 4.79 Å². The monoisotopic (exact) mass is 255 g/mol. The predicted molar refractivity (Wildman–Crippen MR) is 59.8 cm³/mol. The number of nitrogens with zero attached hydrogens (tertiary/aromatic N) is 1. The Kier molecular flexibility index (Phi) is 4.49. The summed E-state index contributed by atoms with van der Waals surface area (Å²) in [4.78, 5) is 11.9. The summed E-state index contributed by atoms with van der Waals surface area (Å²) < 4.78 is 37.5. The van der Waals surface area contributed by atoms with Crippen molar-refractivity contribution in [3.63, 3.8) is 0 Å². The molecule has 0 aliphatic carbocycles. The molecule has 96 valence electrons. The Morgan fingerprint density at radius 3 is 2.61 bits per heavy atom. The quantitative estimate of drug-likeness (QED) is 0.767. The number of hydrogen-bond acceptors (Lipinski definition) is 2. The van der Waals surface area contributed by atoms with Crippen LogP contribution in [0.1, 0.15) is 35.7 Å². The Hall–Kier alpha value is -1.83. The Bertz CT molecular complexity index is 474. The van der Waals surface area contributed by atoms with E-state index in [0.717, 1.165) is 12.1 Å². The first-order chi connectivity index (χ1) is 8.40. The highest BCUT2D eigenvalue weighted by Crippen LogP contribution is 2.30. The number of halogens is 3. The van der Waals surface area contributed by atoms with E-state index >= 15 is 0 Å². The lowest BCUT2D eigenvalue weighted by molar-refractivity contribution is -0.137. The van der Waals surface area contributed by atoms with Crippen LogP contribution in [-0.2, 0) is 6.18 Å². The van der Waals surface area contributed by atoms with Crippen LogP contribution < -0.4 is 0 Å². The summed E-state index contributed by atoms with van der Waals surface area (Å²) >= 11 is 0. The Balaban J connectivity index is 3.04. The van der Waals surface area contributed by atoms with Gasteiger partial charge in [-0.2, -0.15) is 18.4 Å². The predicted octanol–water partition coefficient (Wildman–Crippen LogP) is 3.83. The van der Waals surface area contributed by atoms with Gasteiger partial charge < -0.3 is 0 Å². The third-order valence-electron chi connectivity index (χ3n) is 2.68. The van der Waals surface area contributed by atoms with E-state index in [2.05, 4.69) is 0 Å². The van der Waals surface area contributed by atoms with Crippen LogP contribution in [-0.4, -0.2) is 5.78 Å². The summed E-state index contributed by atoms with van der Waals surface area (Å²) in [5, 5.41) is 8.57. The molecule has 0 radical (unpaired) electrons. The maximum Gasteiger partial charge on any atom is 0.416 e. The van der Waals surface area contributed by atoms with Crippen LogP contribution in [0.25, 0.3) is 0 Å². The summed E-state index contributed by atoms with van der Waals surface area (Å²) in [5.41, 5.74) is -0.841. The zero-order valence-corrected chi connectivity index (χ0v) is 9.79. The number of carbonyl (C=O) groups is 1. The molecule has 0 bridgehead atoms.